The van der Waals surface area contributed by atoms with Gasteiger partial charge < -0.3 is 11.1 Å². The number of rotatable bonds is 2. The van der Waals surface area contributed by atoms with Gasteiger partial charge in [0.15, 0.2) is 5.04 Å². The van der Waals surface area contributed by atoms with E-state index >= 15 is 0 Å². The Morgan fingerprint density at radius 3 is 2.94 bits per heavy atom. The van der Waals surface area contributed by atoms with Crippen LogP contribution in [0.4, 0.5) is 11.4 Å². The first kappa shape index (κ1) is 13.6. The van der Waals surface area contributed by atoms with Crippen LogP contribution < -0.4 is 11.1 Å². The number of hydrogen-bond donors (Lipinski definition) is 2. The van der Waals surface area contributed by atoms with Gasteiger partial charge in [0, 0.05) is 11.9 Å². The molecule has 0 saturated heterocycles. The van der Waals surface area contributed by atoms with Crippen LogP contribution in [0.5, 0.6) is 0 Å². The van der Waals surface area contributed by atoms with Crippen LogP contribution >= 0.6 is 23.4 Å². The Hall–Kier alpha value is -1.46. The Kier molecular flexibility index (Phi) is 5.06. The number of halogens is 1. The molecule has 1 rings (SSSR count). The van der Waals surface area contributed by atoms with Gasteiger partial charge in [-0.15, -0.1) is 11.8 Å². The normalized spacial score (nSPS) is 11.1. The van der Waals surface area contributed by atoms with Crippen LogP contribution in [0.25, 0.3) is 0 Å². The number of anilines is 2. The first-order chi connectivity index (χ1) is 8.08. The number of nitrogen functional groups attached to an aromatic ring is 1. The van der Waals surface area contributed by atoms with E-state index in [2.05, 4.69) is 16.9 Å². The summed E-state index contributed by atoms with van der Waals surface area (Å²) in [6, 6.07) is 4.87. The van der Waals surface area contributed by atoms with Crippen LogP contribution in [0.15, 0.2) is 36.0 Å². The first-order valence-corrected chi connectivity index (χ1v) is 6.27. The molecule has 90 valence electrons. The van der Waals surface area contributed by atoms with Gasteiger partial charge >= 0.3 is 0 Å². The number of thioether (sulfide) groups is 1. The fourth-order valence-corrected chi connectivity index (χ4v) is 1.68. The predicted molar refractivity (Wildman–Crippen MR) is 75.6 cm³/mol. The van der Waals surface area contributed by atoms with Gasteiger partial charge in [0.05, 0.1) is 10.7 Å². The smallest absolute Gasteiger partial charge is 0.280 e. The van der Waals surface area contributed by atoms with Crippen molar-refractivity contribution in [3.63, 3.8) is 0 Å². The van der Waals surface area contributed by atoms with E-state index in [1.54, 1.807) is 24.5 Å². The van der Waals surface area contributed by atoms with Crippen molar-refractivity contribution in [2.45, 2.75) is 0 Å². The summed E-state index contributed by atoms with van der Waals surface area (Å²) in [5.41, 5.74) is 6.59. The zero-order valence-electron chi connectivity index (χ0n) is 9.24. The fourth-order valence-electron chi connectivity index (χ4n) is 1.10. The van der Waals surface area contributed by atoms with E-state index in [4.69, 9.17) is 17.3 Å². The number of nitrogens with two attached hydrogens (primary N) is 1. The Morgan fingerprint density at radius 2 is 2.35 bits per heavy atom. The number of carbonyl (C=O) groups is 1. The number of benzene rings is 1. The van der Waals surface area contributed by atoms with Crippen molar-refractivity contribution in [3.05, 3.63) is 36.0 Å². The quantitative estimate of drug-likeness (QED) is 0.493. The van der Waals surface area contributed by atoms with Crippen LogP contribution in [0.1, 0.15) is 0 Å². The summed E-state index contributed by atoms with van der Waals surface area (Å²) >= 11 is 7.15. The number of nitrogens with zero attached hydrogens (tertiary/aromatic N) is 1. The molecular weight excluding hydrogens is 258 g/mol. The minimum atomic E-state index is -0.343. The second-order valence-corrected chi connectivity index (χ2v) is 4.22. The summed E-state index contributed by atoms with van der Waals surface area (Å²) in [4.78, 5) is 15.6. The van der Waals surface area contributed by atoms with Crippen molar-refractivity contribution in [3.8, 4) is 0 Å². The molecule has 0 bridgehead atoms. The van der Waals surface area contributed by atoms with Gasteiger partial charge in [-0.3, -0.25) is 4.79 Å². The molecule has 0 atom stereocenters. The SMILES string of the molecule is C=CN=C(SC)C(=O)Nc1cc(N)ccc1Cl. The first-order valence-electron chi connectivity index (χ1n) is 4.67. The summed E-state index contributed by atoms with van der Waals surface area (Å²) in [6.07, 6.45) is 3.06. The summed E-state index contributed by atoms with van der Waals surface area (Å²) in [5, 5.41) is 3.36. The highest BCUT2D eigenvalue weighted by Crippen LogP contribution is 2.24. The molecule has 1 aromatic carbocycles. The highest BCUT2D eigenvalue weighted by atomic mass is 35.5. The van der Waals surface area contributed by atoms with Crippen molar-refractivity contribution >= 4 is 45.7 Å². The maximum absolute atomic E-state index is 11.8. The molecule has 0 heterocycles. The third-order valence-corrected chi connectivity index (χ3v) is 2.84. The van der Waals surface area contributed by atoms with E-state index in [0.717, 1.165) is 0 Å². The highest BCUT2D eigenvalue weighted by Gasteiger charge is 2.11. The molecule has 0 unspecified atom stereocenters. The Morgan fingerprint density at radius 1 is 1.65 bits per heavy atom. The molecule has 0 aliphatic heterocycles. The second kappa shape index (κ2) is 6.32. The van der Waals surface area contributed by atoms with Crippen molar-refractivity contribution in [2.75, 3.05) is 17.3 Å². The van der Waals surface area contributed by atoms with E-state index in [0.29, 0.717) is 21.4 Å². The van der Waals surface area contributed by atoms with Crippen molar-refractivity contribution in [2.24, 2.45) is 4.99 Å². The molecule has 0 aromatic heterocycles. The van der Waals surface area contributed by atoms with Crippen LogP contribution in [0, 0.1) is 0 Å². The molecular formula is C11H12ClN3OS. The summed E-state index contributed by atoms with van der Waals surface area (Å²) in [6.45, 7) is 3.44. The van der Waals surface area contributed by atoms with Crippen LogP contribution in [0.2, 0.25) is 5.02 Å². The summed E-state index contributed by atoms with van der Waals surface area (Å²) in [5.74, 6) is -0.343. The topological polar surface area (TPSA) is 67.5 Å². The highest BCUT2D eigenvalue weighted by molar-refractivity contribution is 8.15. The molecule has 1 aromatic rings. The van der Waals surface area contributed by atoms with E-state index in [9.17, 15) is 4.79 Å². The fraction of sp³-hybridized carbons (Fsp3) is 0.0909. The average Bonchev–Trinajstić information content (AvgIpc) is 2.30. The molecule has 0 aliphatic rings. The van der Waals surface area contributed by atoms with Gasteiger partial charge in [-0.2, -0.15) is 0 Å². The Balaban J connectivity index is 2.91. The molecule has 0 spiro atoms. The van der Waals surface area contributed by atoms with Crippen molar-refractivity contribution in [1.82, 2.24) is 0 Å². The Bertz CT molecular complexity index is 474. The molecule has 0 fully saturated rings. The minimum Gasteiger partial charge on any atom is -0.399 e. The maximum atomic E-state index is 11.8. The molecule has 0 saturated carbocycles. The van der Waals surface area contributed by atoms with Gasteiger partial charge in [-0.1, -0.05) is 18.2 Å². The van der Waals surface area contributed by atoms with Crippen LogP contribution in [-0.2, 0) is 4.79 Å². The average molecular weight is 270 g/mol. The van der Waals surface area contributed by atoms with Crippen molar-refractivity contribution < 1.29 is 4.79 Å². The predicted octanol–water partition coefficient (Wildman–Crippen LogP) is 2.77. The lowest BCUT2D eigenvalue weighted by Gasteiger charge is -2.08. The molecule has 1 amide bonds. The lowest BCUT2D eigenvalue weighted by atomic mass is 10.3. The van der Waals surface area contributed by atoms with Crippen molar-refractivity contribution in [1.29, 1.82) is 0 Å². The van der Waals surface area contributed by atoms with Crippen LogP contribution in [-0.4, -0.2) is 17.2 Å². The van der Waals surface area contributed by atoms with E-state index < -0.39 is 0 Å². The van der Waals surface area contributed by atoms with E-state index in [1.165, 1.54) is 18.0 Å². The van der Waals surface area contributed by atoms with Gasteiger partial charge in [0.1, 0.15) is 0 Å². The van der Waals surface area contributed by atoms with E-state index in [-0.39, 0.29) is 5.91 Å². The standard InChI is InChI=1S/C11H12ClN3OS/c1-3-14-11(17-2)10(16)15-9-6-7(13)4-5-8(9)12/h3-6H,1,13H2,2H3,(H,15,16). The molecule has 0 aliphatic carbocycles. The second-order valence-electron chi connectivity index (χ2n) is 3.01. The molecule has 4 nitrogen and oxygen atoms in total. The number of aliphatic imine (C=N–C) groups is 1. The lowest BCUT2D eigenvalue weighted by Crippen LogP contribution is -2.20. The number of nitrogens with one attached hydrogen (secondary N) is 1. The third kappa shape index (κ3) is 3.80. The monoisotopic (exact) mass is 269 g/mol. The number of hydrogen-bond acceptors (Lipinski definition) is 4. The summed E-state index contributed by atoms with van der Waals surface area (Å²) in [7, 11) is 0. The lowest BCUT2D eigenvalue weighted by molar-refractivity contribution is -0.110. The largest absolute Gasteiger partial charge is 0.399 e. The van der Waals surface area contributed by atoms with Gasteiger partial charge in [-0.05, 0) is 24.5 Å². The number of carbonyl (C=O) groups excluding carboxylic acids is 1. The van der Waals surface area contributed by atoms with Gasteiger partial charge in [0.2, 0.25) is 0 Å². The van der Waals surface area contributed by atoms with Gasteiger partial charge in [0.25, 0.3) is 5.91 Å². The van der Waals surface area contributed by atoms with E-state index in [1.807, 2.05) is 0 Å². The zero-order chi connectivity index (χ0) is 12.8. The Labute approximate surface area is 109 Å². The molecule has 0 radical (unpaired) electrons. The third-order valence-electron chi connectivity index (χ3n) is 1.83. The molecule has 17 heavy (non-hydrogen) atoms. The maximum Gasteiger partial charge on any atom is 0.280 e. The molecule has 3 N–H and O–H groups in total. The van der Waals surface area contributed by atoms with Crippen LogP contribution in [0.3, 0.4) is 0 Å². The minimum absolute atomic E-state index is 0.304. The number of amides is 1. The summed E-state index contributed by atoms with van der Waals surface area (Å²) < 4.78 is 0. The zero-order valence-corrected chi connectivity index (χ0v) is 10.8. The molecule has 6 heteroatoms. The van der Waals surface area contributed by atoms with Gasteiger partial charge in [-0.25, -0.2) is 4.99 Å².